The lowest BCUT2D eigenvalue weighted by atomic mass is 9.95. The molecule has 1 aromatic carbocycles. The van der Waals surface area contributed by atoms with E-state index < -0.39 is 5.82 Å². The zero-order valence-electron chi connectivity index (χ0n) is 22.8. The number of pyridine rings is 1. The number of hydrogen-bond donors (Lipinski definition) is 1. The molecule has 2 saturated heterocycles. The number of nitrogens with one attached hydrogen (secondary N) is 1. The number of amides is 3. The molecule has 1 aromatic heterocycles. The van der Waals surface area contributed by atoms with Crippen molar-refractivity contribution in [2.24, 2.45) is 5.92 Å². The van der Waals surface area contributed by atoms with Crippen molar-refractivity contribution in [3.05, 3.63) is 59.5 Å². The molecule has 0 saturated carbocycles. The van der Waals surface area contributed by atoms with Crippen molar-refractivity contribution in [2.75, 3.05) is 59.6 Å². The third-order valence-electron chi connectivity index (χ3n) is 7.90. The van der Waals surface area contributed by atoms with Crippen LogP contribution in [0.1, 0.15) is 40.1 Å². The van der Waals surface area contributed by atoms with Crippen LogP contribution < -0.4 is 10.1 Å². The van der Waals surface area contributed by atoms with E-state index in [2.05, 4.69) is 10.3 Å². The molecule has 10 nitrogen and oxygen atoms in total. The van der Waals surface area contributed by atoms with Gasteiger partial charge in [0.2, 0.25) is 11.8 Å². The highest BCUT2D eigenvalue weighted by atomic mass is 19.1. The number of aromatic nitrogens is 1. The molecule has 40 heavy (non-hydrogen) atoms. The largest absolute Gasteiger partial charge is 0.475 e. The summed E-state index contributed by atoms with van der Waals surface area (Å²) < 4.78 is 25.9. The molecule has 2 atom stereocenters. The Labute approximate surface area is 233 Å². The Hall–Kier alpha value is -3.57. The quantitative estimate of drug-likeness (QED) is 0.538. The van der Waals surface area contributed by atoms with Crippen LogP contribution in [0.15, 0.2) is 42.5 Å². The minimum absolute atomic E-state index is 0.0388. The van der Waals surface area contributed by atoms with Gasteiger partial charge in [-0.3, -0.25) is 19.3 Å². The van der Waals surface area contributed by atoms with Crippen molar-refractivity contribution in [3.8, 4) is 5.88 Å². The van der Waals surface area contributed by atoms with E-state index in [1.54, 1.807) is 35.2 Å². The Morgan fingerprint density at radius 3 is 2.60 bits per heavy atom. The average molecular weight is 554 g/mol. The lowest BCUT2D eigenvalue weighted by Gasteiger charge is -2.36. The second-order valence-electron chi connectivity index (χ2n) is 10.7. The number of nitrogens with zero attached hydrogens (tertiary/aromatic N) is 4. The molecule has 0 spiro atoms. The third kappa shape index (κ3) is 6.59. The minimum atomic E-state index is -0.550. The summed E-state index contributed by atoms with van der Waals surface area (Å²) in [5, 5.41) is 3.02. The maximum Gasteiger partial charge on any atom is 0.270 e. The van der Waals surface area contributed by atoms with Gasteiger partial charge in [-0.2, -0.15) is 0 Å². The summed E-state index contributed by atoms with van der Waals surface area (Å²) >= 11 is 0. The number of ether oxygens (including phenoxy) is 2. The van der Waals surface area contributed by atoms with Crippen LogP contribution in [0.4, 0.5) is 4.39 Å². The van der Waals surface area contributed by atoms with Gasteiger partial charge >= 0.3 is 0 Å². The highest BCUT2D eigenvalue weighted by Crippen LogP contribution is 2.24. The molecule has 0 unspecified atom stereocenters. The Kier molecular flexibility index (Phi) is 8.91. The van der Waals surface area contributed by atoms with Gasteiger partial charge in [-0.25, -0.2) is 9.37 Å². The smallest absolute Gasteiger partial charge is 0.270 e. The van der Waals surface area contributed by atoms with Crippen LogP contribution in [0.2, 0.25) is 0 Å². The standard InChI is InChI=1S/C29H36FN5O5/c1-33-19-21-17-25(33)29(38)34-11-9-20(10-12-34)18-35(28(37)22-5-2-3-6-23(22)30)13-14-39-15-16-40-26-8-4-7-24(32-26)27(36)31-21/h2-8,20-21,25H,9-19H2,1H3,(H,31,36)/t21-,25-/m0/s1. The lowest BCUT2D eigenvalue weighted by molar-refractivity contribution is -0.137. The highest BCUT2D eigenvalue weighted by Gasteiger charge is 2.38. The first-order valence-electron chi connectivity index (χ1n) is 13.9. The second kappa shape index (κ2) is 12.7. The van der Waals surface area contributed by atoms with Gasteiger partial charge in [-0.05, 0) is 50.4 Å². The number of rotatable bonds is 1. The van der Waals surface area contributed by atoms with Crippen LogP contribution in [0.3, 0.4) is 0 Å². The third-order valence-corrected chi connectivity index (χ3v) is 7.90. The maximum atomic E-state index is 14.5. The van der Waals surface area contributed by atoms with Crippen molar-refractivity contribution in [1.29, 1.82) is 0 Å². The number of benzene rings is 1. The van der Waals surface area contributed by atoms with Gasteiger partial charge < -0.3 is 24.6 Å². The Balaban J connectivity index is 1.32. The van der Waals surface area contributed by atoms with Crippen LogP contribution in [0, 0.1) is 11.7 Å². The second-order valence-corrected chi connectivity index (χ2v) is 10.7. The van der Waals surface area contributed by atoms with E-state index in [1.165, 1.54) is 12.1 Å². The molecule has 2 aromatic rings. The first-order chi connectivity index (χ1) is 19.4. The van der Waals surface area contributed by atoms with Crippen molar-refractivity contribution in [3.63, 3.8) is 0 Å². The number of fused-ring (bicyclic) bond motifs is 10. The summed E-state index contributed by atoms with van der Waals surface area (Å²) in [6, 6.07) is 10.5. The van der Waals surface area contributed by atoms with Crippen LogP contribution in [0.25, 0.3) is 0 Å². The van der Waals surface area contributed by atoms with Crippen molar-refractivity contribution in [1.82, 2.24) is 25.0 Å². The first kappa shape index (κ1) is 28.0. The van der Waals surface area contributed by atoms with E-state index in [4.69, 9.17) is 9.47 Å². The number of likely N-dealkylation sites (tertiary alicyclic amines) is 1. The fourth-order valence-corrected chi connectivity index (χ4v) is 5.69. The van der Waals surface area contributed by atoms with Crippen molar-refractivity contribution >= 4 is 17.7 Å². The molecule has 4 aliphatic heterocycles. The summed E-state index contributed by atoms with van der Waals surface area (Å²) in [7, 11) is 1.90. The zero-order valence-corrected chi connectivity index (χ0v) is 22.8. The van der Waals surface area contributed by atoms with E-state index >= 15 is 0 Å². The van der Waals surface area contributed by atoms with E-state index in [9.17, 15) is 18.8 Å². The van der Waals surface area contributed by atoms with Gasteiger partial charge in [0, 0.05) is 44.8 Å². The molecule has 0 aliphatic carbocycles. The fourth-order valence-electron chi connectivity index (χ4n) is 5.69. The summed E-state index contributed by atoms with van der Waals surface area (Å²) in [5.74, 6) is -0.676. The predicted molar refractivity (Wildman–Crippen MR) is 144 cm³/mol. The summed E-state index contributed by atoms with van der Waals surface area (Å²) in [6.45, 7) is 3.25. The van der Waals surface area contributed by atoms with Crippen LogP contribution in [-0.2, 0) is 9.53 Å². The monoisotopic (exact) mass is 553 g/mol. The SMILES string of the molecule is CN1C[C@@H]2C[C@H]1C(=O)N1CCC(CC1)CN(C(=O)c1ccccc1F)CCOCCOc1cccc(n1)C(=O)N2. The first-order valence-corrected chi connectivity index (χ1v) is 13.9. The summed E-state index contributed by atoms with van der Waals surface area (Å²) in [6.07, 6.45) is 2.03. The maximum absolute atomic E-state index is 14.5. The van der Waals surface area contributed by atoms with Gasteiger partial charge in [0.1, 0.15) is 18.1 Å². The van der Waals surface area contributed by atoms with Gasteiger partial charge in [0.25, 0.3) is 11.8 Å². The van der Waals surface area contributed by atoms with Crippen molar-refractivity contribution in [2.45, 2.75) is 31.3 Å². The number of hydrogen-bond acceptors (Lipinski definition) is 7. The molecule has 3 amide bonds. The van der Waals surface area contributed by atoms with Crippen LogP contribution in [-0.4, -0.2) is 109 Å². The van der Waals surface area contributed by atoms with Gasteiger partial charge in [-0.15, -0.1) is 0 Å². The van der Waals surface area contributed by atoms with Gasteiger partial charge in [0.15, 0.2) is 0 Å². The minimum Gasteiger partial charge on any atom is -0.475 e. The molecule has 6 bridgehead atoms. The molecule has 0 radical (unpaired) electrons. The van der Waals surface area contributed by atoms with Crippen LogP contribution in [0.5, 0.6) is 5.88 Å². The molecule has 11 heteroatoms. The van der Waals surface area contributed by atoms with Crippen LogP contribution >= 0.6 is 0 Å². The van der Waals surface area contributed by atoms with E-state index in [-0.39, 0.29) is 66.8 Å². The topological polar surface area (TPSA) is 104 Å². The normalized spacial score (nSPS) is 25.2. The Morgan fingerprint density at radius 1 is 1.00 bits per heavy atom. The fraction of sp³-hybridized carbons (Fsp3) is 0.517. The van der Waals surface area contributed by atoms with E-state index in [1.807, 2.05) is 16.8 Å². The molecule has 214 valence electrons. The van der Waals surface area contributed by atoms with Gasteiger partial charge in [-0.1, -0.05) is 18.2 Å². The molecule has 6 rings (SSSR count). The zero-order chi connectivity index (χ0) is 28.1. The molecule has 4 aliphatic rings. The number of carbonyl (C=O) groups excluding carboxylic acids is 3. The predicted octanol–water partition coefficient (Wildman–Crippen LogP) is 1.81. The molecule has 5 heterocycles. The number of halogens is 1. The van der Waals surface area contributed by atoms with E-state index in [0.717, 1.165) is 12.8 Å². The Bertz CT molecular complexity index is 1220. The van der Waals surface area contributed by atoms with Gasteiger partial charge in [0.05, 0.1) is 24.8 Å². The molecular formula is C29H36FN5O5. The number of piperidine rings is 1. The summed E-state index contributed by atoms with van der Waals surface area (Å²) in [4.78, 5) is 49.5. The highest BCUT2D eigenvalue weighted by molar-refractivity contribution is 5.94. The molecule has 2 fully saturated rings. The van der Waals surface area contributed by atoms with Crippen molar-refractivity contribution < 1.29 is 28.2 Å². The number of carbonyl (C=O) groups is 3. The summed E-state index contributed by atoms with van der Waals surface area (Å²) in [5.41, 5.74) is 0.281. The Morgan fingerprint density at radius 2 is 1.80 bits per heavy atom. The molecular weight excluding hydrogens is 517 g/mol. The molecule has 1 N–H and O–H groups in total. The average Bonchev–Trinajstić information content (AvgIpc) is 3.33. The lowest BCUT2D eigenvalue weighted by Crippen LogP contribution is -2.49. The van der Waals surface area contributed by atoms with E-state index in [0.29, 0.717) is 45.0 Å². The number of likely N-dealkylation sites (N-methyl/N-ethyl adjacent to an activating group) is 1.